The molecule has 3 aromatic carbocycles. The molecular formula is C29H34FN3O4S. The predicted molar refractivity (Wildman–Crippen MR) is 146 cm³/mol. The predicted octanol–water partition coefficient (Wildman–Crippen LogP) is 4.66. The highest BCUT2D eigenvalue weighted by Crippen LogP contribution is 2.25. The summed E-state index contributed by atoms with van der Waals surface area (Å²) in [6.45, 7) is 6.92. The van der Waals surface area contributed by atoms with Crippen molar-refractivity contribution in [2.45, 2.75) is 57.6 Å². The second-order valence-corrected chi connectivity index (χ2v) is 11.2. The van der Waals surface area contributed by atoms with Crippen molar-refractivity contribution in [1.82, 2.24) is 10.2 Å². The van der Waals surface area contributed by atoms with Crippen LogP contribution in [0.2, 0.25) is 0 Å². The van der Waals surface area contributed by atoms with Gasteiger partial charge in [-0.2, -0.15) is 0 Å². The maximum Gasteiger partial charge on any atom is 0.264 e. The van der Waals surface area contributed by atoms with Gasteiger partial charge in [0, 0.05) is 12.6 Å². The van der Waals surface area contributed by atoms with Gasteiger partial charge in [-0.15, -0.1) is 0 Å². The zero-order chi connectivity index (χ0) is 27.9. The molecular weight excluding hydrogens is 505 g/mol. The number of carbonyl (C=O) groups excluding carboxylic acids is 2. The van der Waals surface area contributed by atoms with E-state index in [1.807, 2.05) is 45.0 Å². The smallest absolute Gasteiger partial charge is 0.264 e. The summed E-state index contributed by atoms with van der Waals surface area (Å²) in [4.78, 5) is 28.2. The summed E-state index contributed by atoms with van der Waals surface area (Å²) < 4.78 is 41.9. The van der Waals surface area contributed by atoms with Crippen LogP contribution in [0.5, 0.6) is 0 Å². The maximum absolute atomic E-state index is 13.8. The highest BCUT2D eigenvalue weighted by atomic mass is 32.2. The first-order valence-corrected chi connectivity index (χ1v) is 14.0. The van der Waals surface area contributed by atoms with E-state index in [2.05, 4.69) is 5.32 Å². The van der Waals surface area contributed by atoms with Crippen molar-refractivity contribution in [3.8, 4) is 0 Å². The lowest BCUT2D eigenvalue weighted by Gasteiger charge is -2.32. The SMILES string of the molecule is CC[C@@H](C)NC(=O)[C@H](C)N(Cc1ccc(C)cc1)C(=O)CN(c1ccc(F)cc1)S(=O)(=O)c1ccccc1. The molecule has 0 radical (unpaired) electrons. The van der Waals surface area contributed by atoms with Crippen molar-refractivity contribution in [1.29, 1.82) is 0 Å². The van der Waals surface area contributed by atoms with E-state index in [4.69, 9.17) is 0 Å². The Morgan fingerprint density at radius 3 is 2.11 bits per heavy atom. The molecule has 0 saturated heterocycles. The molecule has 0 fully saturated rings. The normalized spacial score (nSPS) is 12.9. The van der Waals surface area contributed by atoms with E-state index in [9.17, 15) is 22.4 Å². The van der Waals surface area contributed by atoms with Gasteiger partial charge in [0.1, 0.15) is 18.4 Å². The number of sulfonamides is 1. The molecule has 3 aromatic rings. The highest BCUT2D eigenvalue weighted by Gasteiger charge is 2.32. The molecule has 38 heavy (non-hydrogen) atoms. The van der Waals surface area contributed by atoms with Gasteiger partial charge in [-0.1, -0.05) is 55.0 Å². The van der Waals surface area contributed by atoms with Crippen LogP contribution in [0.25, 0.3) is 0 Å². The van der Waals surface area contributed by atoms with Crippen LogP contribution in [0.4, 0.5) is 10.1 Å². The van der Waals surface area contributed by atoms with Gasteiger partial charge in [0.25, 0.3) is 10.0 Å². The van der Waals surface area contributed by atoms with E-state index in [0.717, 1.165) is 34.0 Å². The Bertz CT molecular complexity index is 1330. The maximum atomic E-state index is 13.8. The van der Waals surface area contributed by atoms with Crippen molar-refractivity contribution in [2.24, 2.45) is 0 Å². The quantitative estimate of drug-likeness (QED) is 0.384. The molecule has 0 heterocycles. The average Bonchev–Trinajstić information content (AvgIpc) is 2.91. The van der Waals surface area contributed by atoms with Gasteiger partial charge >= 0.3 is 0 Å². The van der Waals surface area contributed by atoms with E-state index in [1.165, 1.54) is 29.2 Å². The third-order valence-corrected chi connectivity index (χ3v) is 8.15. The number of benzene rings is 3. The van der Waals surface area contributed by atoms with Gasteiger partial charge in [-0.25, -0.2) is 12.8 Å². The second kappa shape index (κ2) is 12.7. The Hall–Kier alpha value is -3.72. The first-order chi connectivity index (χ1) is 18.0. The number of nitrogens with zero attached hydrogens (tertiary/aromatic N) is 2. The minimum Gasteiger partial charge on any atom is -0.352 e. The zero-order valence-electron chi connectivity index (χ0n) is 22.1. The van der Waals surface area contributed by atoms with Crippen molar-refractivity contribution in [3.05, 3.63) is 95.8 Å². The lowest BCUT2D eigenvalue weighted by molar-refractivity contribution is -0.139. The van der Waals surface area contributed by atoms with Crippen molar-refractivity contribution in [2.75, 3.05) is 10.8 Å². The third-order valence-electron chi connectivity index (χ3n) is 6.37. The molecule has 0 aliphatic carbocycles. The molecule has 2 atom stereocenters. The van der Waals surface area contributed by atoms with Crippen LogP contribution in [0, 0.1) is 12.7 Å². The van der Waals surface area contributed by atoms with Crippen LogP contribution >= 0.6 is 0 Å². The molecule has 0 bridgehead atoms. The summed E-state index contributed by atoms with van der Waals surface area (Å²) in [5.41, 5.74) is 1.98. The monoisotopic (exact) mass is 539 g/mol. The molecule has 0 saturated carbocycles. The average molecular weight is 540 g/mol. The number of rotatable bonds is 11. The number of hydrogen-bond acceptors (Lipinski definition) is 4. The zero-order valence-corrected chi connectivity index (χ0v) is 22.9. The molecule has 9 heteroatoms. The summed E-state index contributed by atoms with van der Waals surface area (Å²) in [5.74, 6) is -1.44. The number of aryl methyl sites for hydroxylation is 1. The van der Waals surface area contributed by atoms with Crippen LogP contribution in [-0.2, 0) is 26.2 Å². The highest BCUT2D eigenvalue weighted by molar-refractivity contribution is 7.92. The number of halogens is 1. The summed E-state index contributed by atoms with van der Waals surface area (Å²) in [6, 6.07) is 19.2. The van der Waals surface area contributed by atoms with E-state index < -0.39 is 34.3 Å². The number of hydrogen-bond donors (Lipinski definition) is 1. The van der Waals surface area contributed by atoms with Crippen molar-refractivity contribution in [3.63, 3.8) is 0 Å². The van der Waals surface area contributed by atoms with Gasteiger partial charge in [-0.3, -0.25) is 13.9 Å². The van der Waals surface area contributed by atoms with Crippen LogP contribution in [0.3, 0.4) is 0 Å². The molecule has 0 unspecified atom stereocenters. The van der Waals surface area contributed by atoms with Crippen molar-refractivity contribution < 1.29 is 22.4 Å². The van der Waals surface area contributed by atoms with Gasteiger partial charge in [0.2, 0.25) is 11.8 Å². The van der Waals surface area contributed by atoms with Gasteiger partial charge < -0.3 is 10.2 Å². The molecule has 0 aliphatic heterocycles. The van der Waals surface area contributed by atoms with E-state index in [0.29, 0.717) is 0 Å². The van der Waals surface area contributed by atoms with Crippen molar-refractivity contribution >= 4 is 27.5 Å². The molecule has 7 nitrogen and oxygen atoms in total. The van der Waals surface area contributed by atoms with Crippen LogP contribution in [-0.4, -0.2) is 43.8 Å². The molecule has 0 spiro atoms. The third kappa shape index (κ3) is 7.19. The summed E-state index contributed by atoms with van der Waals surface area (Å²) in [7, 11) is -4.18. The molecule has 0 aliphatic rings. The fourth-order valence-electron chi connectivity index (χ4n) is 3.79. The lowest BCUT2D eigenvalue weighted by Crippen LogP contribution is -2.52. The summed E-state index contributed by atoms with van der Waals surface area (Å²) in [6.07, 6.45) is 0.720. The van der Waals surface area contributed by atoms with Gasteiger partial charge in [-0.05, 0) is 69.2 Å². The second-order valence-electron chi connectivity index (χ2n) is 9.30. The lowest BCUT2D eigenvalue weighted by atomic mass is 10.1. The largest absolute Gasteiger partial charge is 0.352 e. The summed E-state index contributed by atoms with van der Waals surface area (Å²) in [5, 5.41) is 2.90. The number of carbonyl (C=O) groups is 2. The molecule has 1 N–H and O–H groups in total. The number of anilines is 1. The first kappa shape index (κ1) is 28.8. The molecule has 3 rings (SSSR count). The fourth-order valence-corrected chi connectivity index (χ4v) is 5.23. The molecule has 202 valence electrons. The Morgan fingerprint density at radius 2 is 1.53 bits per heavy atom. The van der Waals surface area contributed by atoms with Gasteiger partial charge in [0.15, 0.2) is 0 Å². The van der Waals surface area contributed by atoms with E-state index in [1.54, 1.807) is 25.1 Å². The first-order valence-electron chi connectivity index (χ1n) is 12.5. The Kier molecular flexibility index (Phi) is 9.63. The summed E-state index contributed by atoms with van der Waals surface area (Å²) >= 11 is 0. The molecule has 0 aromatic heterocycles. The standard InChI is InChI=1S/C29H34FN3O4S/c1-5-22(3)31-29(35)23(4)32(19-24-13-11-21(2)12-14-24)28(34)20-33(26-17-15-25(30)16-18-26)38(36,37)27-9-7-6-8-10-27/h6-18,22-23H,5,19-20H2,1-4H3,(H,31,35)/t22-,23+/m1/s1. The van der Waals surface area contributed by atoms with Crippen LogP contribution in [0.15, 0.2) is 83.8 Å². The van der Waals surface area contributed by atoms with E-state index in [-0.39, 0.29) is 29.1 Å². The van der Waals surface area contributed by atoms with Crippen LogP contribution in [0.1, 0.15) is 38.3 Å². The molecule has 2 amide bonds. The topological polar surface area (TPSA) is 86.8 Å². The Morgan fingerprint density at radius 1 is 0.921 bits per heavy atom. The van der Waals surface area contributed by atoms with E-state index >= 15 is 0 Å². The Balaban J connectivity index is 2.00. The minimum absolute atomic E-state index is 0.00947. The number of amides is 2. The minimum atomic E-state index is -4.18. The van der Waals surface area contributed by atoms with Gasteiger partial charge in [0.05, 0.1) is 10.6 Å². The number of nitrogens with one attached hydrogen (secondary N) is 1. The Labute approximate surface area is 224 Å². The fraction of sp³-hybridized carbons (Fsp3) is 0.310. The van der Waals surface area contributed by atoms with Crippen LogP contribution < -0.4 is 9.62 Å².